The summed E-state index contributed by atoms with van der Waals surface area (Å²) in [7, 11) is 11.9. The lowest BCUT2D eigenvalue weighted by Crippen LogP contribution is -2.66. The molecule has 154 valence electrons. The zero-order valence-electron chi connectivity index (χ0n) is 19.6. The van der Waals surface area contributed by atoms with Crippen molar-refractivity contribution in [3.8, 4) is 5.69 Å². The molecule has 3 aromatic rings. The molecule has 1 N–H and O–H groups in total. The molecule has 2 aromatic heterocycles. The number of urea groups is 1. The summed E-state index contributed by atoms with van der Waals surface area (Å²) in [6.07, 6.45) is 3.56. The molecule has 0 aliphatic rings. The minimum absolute atomic E-state index is 0.244. The molecule has 13 heteroatoms. The first-order valence-electron chi connectivity index (χ1n) is 10.5. The quantitative estimate of drug-likeness (QED) is 0.473. The van der Waals surface area contributed by atoms with Crippen LogP contribution in [0.2, 0.25) is 0 Å². The molecule has 0 saturated heterocycles. The van der Waals surface area contributed by atoms with Gasteiger partial charge in [0.25, 0.3) is 0 Å². The van der Waals surface area contributed by atoms with Crippen LogP contribution in [0.5, 0.6) is 0 Å². The van der Waals surface area contributed by atoms with Crippen LogP contribution in [0.3, 0.4) is 0 Å². The van der Waals surface area contributed by atoms with Gasteiger partial charge < -0.3 is 10.2 Å². The molecule has 0 aliphatic carbocycles. The second kappa shape index (κ2) is 8.17. The third kappa shape index (κ3) is 5.02. The third-order valence-electron chi connectivity index (χ3n) is 5.04. The molecule has 0 spiro atoms. The number of carbonyl (C=O) groups excluding carboxylic acids is 1. The van der Waals surface area contributed by atoms with Crippen LogP contribution in [-0.2, 0) is 0 Å². The van der Waals surface area contributed by atoms with Crippen LogP contribution in [0, 0.1) is 5.82 Å². The van der Waals surface area contributed by atoms with Gasteiger partial charge in [-0.25, -0.2) is 18.9 Å². The van der Waals surface area contributed by atoms with Gasteiger partial charge in [0.1, 0.15) is 58.6 Å². The zero-order chi connectivity index (χ0) is 23.1. The Hall–Kier alpha value is -2.57. The Bertz CT molecular complexity index is 1110. The van der Waals surface area contributed by atoms with E-state index in [0.717, 1.165) is 10.9 Å². The van der Waals surface area contributed by atoms with Crippen LogP contribution in [0.1, 0.15) is 25.3 Å². The first kappa shape index (κ1) is 23.1. The number of benzene rings is 1. The molecule has 0 aliphatic heterocycles. The van der Waals surface area contributed by atoms with Crippen molar-refractivity contribution in [3.63, 3.8) is 0 Å². The fraction of sp³-hybridized carbons (Fsp3) is 0.278. The Morgan fingerprint density at radius 2 is 1.77 bits per heavy atom. The number of hydrogen-bond donors (Lipinski definition) is 1. The number of carbonyl (C=O) groups is 1. The number of nitrogens with zero attached hydrogens (tertiary/aromatic N) is 4. The lowest BCUT2D eigenvalue weighted by molar-refractivity contribution is 0.210. The van der Waals surface area contributed by atoms with Crippen LogP contribution in [0.15, 0.2) is 36.7 Å². The second-order valence-corrected chi connectivity index (χ2v) is 10.2. The van der Waals surface area contributed by atoms with Crippen molar-refractivity contribution in [2.45, 2.75) is 30.2 Å². The molecule has 0 bridgehead atoms. The van der Waals surface area contributed by atoms with Gasteiger partial charge >= 0.3 is 6.03 Å². The molecule has 2 amide bonds. The number of nitrogens with one attached hydrogen (secondary N) is 1. The average molecular weight is 412 g/mol. The minimum Gasteiger partial charge on any atom is -0.360 e. The first-order valence-corrected chi connectivity index (χ1v) is 10.5. The highest BCUT2D eigenvalue weighted by atomic mass is 19.1. The number of fused-ring (bicyclic) bond motifs is 1. The lowest BCUT2D eigenvalue weighted by Gasteiger charge is -2.46. The maximum Gasteiger partial charge on any atom is 0.318 e. The number of anilines is 1. The van der Waals surface area contributed by atoms with Gasteiger partial charge in [-0.1, -0.05) is 13.8 Å². The van der Waals surface area contributed by atoms with E-state index in [1.165, 1.54) is 10.7 Å². The van der Waals surface area contributed by atoms with E-state index in [1.807, 2.05) is 53.1 Å². The van der Waals surface area contributed by atoms with E-state index in [9.17, 15) is 9.18 Å². The lowest BCUT2D eigenvalue weighted by atomic mass is 9.40. The highest BCUT2D eigenvalue weighted by Gasteiger charge is 2.35. The smallest absolute Gasteiger partial charge is 0.318 e. The summed E-state index contributed by atoms with van der Waals surface area (Å²) >= 11 is 0. The summed E-state index contributed by atoms with van der Waals surface area (Å²) in [6, 6.07) is 6.25. The number of pyridine rings is 1. The fourth-order valence-corrected chi connectivity index (χ4v) is 3.93. The van der Waals surface area contributed by atoms with E-state index in [4.69, 9.17) is 0 Å². The first-order chi connectivity index (χ1) is 14.3. The van der Waals surface area contributed by atoms with Crippen LogP contribution in [-0.4, -0.2) is 83.2 Å². The molecule has 0 radical (unpaired) electrons. The topological polar surface area (TPSA) is 63.1 Å². The average Bonchev–Trinajstić information content (AvgIpc) is 3.03. The summed E-state index contributed by atoms with van der Waals surface area (Å²) in [5.41, 5.74) is 2.39. The van der Waals surface area contributed by atoms with E-state index in [2.05, 4.69) is 29.2 Å². The van der Waals surface area contributed by atoms with Crippen LogP contribution >= 0.6 is 0 Å². The standard InChI is InChI=1S/C18H26B6FN5O/c1-9(2)10-5-11-8-29(28-15(11)26-7-10)14-6-12(3-4-13(14)25)27-16(31)30(17(19,20)21)18(22,23)24/h3-9H,19-24H2,1-2H3,(H,27,31). The van der Waals surface area contributed by atoms with Crippen molar-refractivity contribution >= 4 is 69.8 Å². The monoisotopic (exact) mass is 413 g/mol. The molecule has 0 atom stereocenters. The van der Waals surface area contributed by atoms with Crippen molar-refractivity contribution in [1.29, 1.82) is 0 Å². The van der Waals surface area contributed by atoms with Crippen molar-refractivity contribution in [1.82, 2.24) is 19.7 Å². The van der Waals surface area contributed by atoms with E-state index < -0.39 is 5.82 Å². The Labute approximate surface area is 188 Å². The Kier molecular flexibility index (Phi) is 6.09. The largest absolute Gasteiger partial charge is 0.360 e. The Morgan fingerprint density at radius 1 is 1.13 bits per heavy atom. The van der Waals surface area contributed by atoms with E-state index >= 15 is 0 Å². The minimum atomic E-state index is -0.432. The molecule has 2 heterocycles. The van der Waals surface area contributed by atoms with Crippen molar-refractivity contribution in [3.05, 3.63) is 48.0 Å². The van der Waals surface area contributed by atoms with Crippen molar-refractivity contribution in [2.24, 2.45) is 0 Å². The van der Waals surface area contributed by atoms with E-state index in [0.29, 0.717) is 17.3 Å². The molecule has 0 fully saturated rings. The molecular weight excluding hydrogens is 386 g/mol. The Balaban J connectivity index is 1.95. The number of hydrogen-bond acceptors (Lipinski definition) is 3. The van der Waals surface area contributed by atoms with Gasteiger partial charge in [0, 0.05) is 23.5 Å². The highest BCUT2D eigenvalue weighted by molar-refractivity contribution is 6.64. The third-order valence-corrected chi connectivity index (χ3v) is 5.04. The van der Waals surface area contributed by atoms with Gasteiger partial charge in [-0.05, 0) is 46.2 Å². The van der Waals surface area contributed by atoms with E-state index in [1.54, 1.807) is 29.4 Å². The molecule has 31 heavy (non-hydrogen) atoms. The van der Waals surface area contributed by atoms with Crippen LogP contribution < -0.4 is 5.32 Å². The molecule has 0 unspecified atom stereocenters. The van der Waals surface area contributed by atoms with Crippen LogP contribution in [0.4, 0.5) is 14.9 Å². The predicted molar refractivity (Wildman–Crippen MR) is 140 cm³/mol. The van der Waals surface area contributed by atoms with Crippen LogP contribution in [0.25, 0.3) is 16.7 Å². The summed E-state index contributed by atoms with van der Waals surface area (Å²) in [5, 5.41) is 7.41. The molecule has 6 nitrogen and oxygen atoms in total. The van der Waals surface area contributed by atoms with Gasteiger partial charge in [-0.3, -0.25) is 0 Å². The Morgan fingerprint density at radius 3 is 2.35 bits per heavy atom. The molecule has 0 saturated carbocycles. The maximum atomic E-state index is 14.7. The molecular formula is C18H26B6FN5O. The van der Waals surface area contributed by atoms with Gasteiger partial charge in [0.2, 0.25) is 0 Å². The van der Waals surface area contributed by atoms with E-state index in [-0.39, 0.29) is 22.2 Å². The SMILES string of the molecule is BC(B)(B)N(C(=O)Nc1ccc(F)c(-n2cc3cc(C(C)C)cnc3n2)c1)C(B)(B)B. The number of rotatable bonds is 5. The molecule has 3 rings (SSSR count). The van der Waals surface area contributed by atoms with Crippen molar-refractivity contribution in [2.75, 3.05) is 5.32 Å². The molecule has 1 aromatic carbocycles. The van der Waals surface area contributed by atoms with Gasteiger partial charge in [0.15, 0.2) is 5.65 Å². The van der Waals surface area contributed by atoms with Gasteiger partial charge in [-0.2, -0.15) is 0 Å². The van der Waals surface area contributed by atoms with Crippen molar-refractivity contribution < 1.29 is 9.18 Å². The summed E-state index contributed by atoms with van der Waals surface area (Å²) in [6.45, 7) is 4.19. The van der Waals surface area contributed by atoms with Gasteiger partial charge in [0.05, 0.1) is 0 Å². The summed E-state index contributed by atoms with van der Waals surface area (Å²) in [5.74, 6) is -0.0949. The predicted octanol–water partition coefficient (Wildman–Crippen LogP) is -2.46. The fourth-order valence-electron chi connectivity index (χ4n) is 3.93. The number of aromatic nitrogens is 3. The number of amides is 2. The zero-order valence-corrected chi connectivity index (χ0v) is 19.6. The maximum absolute atomic E-state index is 14.7. The normalized spacial score (nSPS) is 12.3. The summed E-state index contributed by atoms with van der Waals surface area (Å²) < 4.78 is 16.1. The second-order valence-electron chi connectivity index (χ2n) is 10.2. The summed E-state index contributed by atoms with van der Waals surface area (Å²) in [4.78, 5) is 19.2. The van der Waals surface area contributed by atoms with Gasteiger partial charge in [-0.15, -0.1) is 5.10 Å². The number of halogens is 1. The highest BCUT2D eigenvalue weighted by Crippen LogP contribution is 2.24.